The molecule has 5 nitrogen and oxygen atoms in total. The molecule has 0 radical (unpaired) electrons. The predicted octanol–water partition coefficient (Wildman–Crippen LogP) is 2.05. The number of halogens is 1. The first-order valence-corrected chi connectivity index (χ1v) is 7.13. The highest BCUT2D eigenvalue weighted by molar-refractivity contribution is 5.94. The number of nitrogens with zero attached hydrogens (tertiary/aromatic N) is 1. The summed E-state index contributed by atoms with van der Waals surface area (Å²) in [5, 5.41) is 10.0. The molecule has 1 aliphatic rings. The number of hydrogen-bond acceptors (Lipinski definition) is 2. The van der Waals surface area contributed by atoms with Gasteiger partial charge in [0.25, 0.3) is 0 Å². The van der Waals surface area contributed by atoms with Crippen molar-refractivity contribution < 1.29 is 9.18 Å². The van der Waals surface area contributed by atoms with Crippen molar-refractivity contribution in [2.45, 2.75) is 26.3 Å². The number of likely N-dealkylation sites (tertiary alicyclic amines) is 1. The van der Waals surface area contributed by atoms with Crippen LogP contribution in [0.15, 0.2) is 18.2 Å². The third kappa shape index (κ3) is 3.93. The molecule has 1 aliphatic heterocycles. The Labute approximate surface area is 123 Å². The molecule has 1 unspecified atom stereocenters. The van der Waals surface area contributed by atoms with Gasteiger partial charge in [0.05, 0.1) is 0 Å². The number of piperidine rings is 1. The maximum absolute atomic E-state index is 13.8. The summed E-state index contributed by atoms with van der Waals surface area (Å²) in [5.41, 5.74) is 6.03. The predicted molar refractivity (Wildman–Crippen MR) is 79.6 cm³/mol. The SMILES string of the molecule is CC1CCCN(C(=O)NCc2ccc(C(=N)N)cc2F)C1. The zero-order valence-corrected chi connectivity index (χ0v) is 12.2. The van der Waals surface area contributed by atoms with E-state index in [2.05, 4.69) is 12.2 Å². The van der Waals surface area contributed by atoms with Crippen LogP contribution in [0.4, 0.5) is 9.18 Å². The maximum atomic E-state index is 13.8. The van der Waals surface area contributed by atoms with Crippen LogP contribution in [0.25, 0.3) is 0 Å². The van der Waals surface area contributed by atoms with E-state index in [1.807, 2.05) is 0 Å². The number of nitrogens with one attached hydrogen (secondary N) is 2. The van der Waals surface area contributed by atoms with Crippen molar-refractivity contribution in [1.29, 1.82) is 5.41 Å². The molecule has 4 N–H and O–H groups in total. The molecule has 2 rings (SSSR count). The van der Waals surface area contributed by atoms with Crippen LogP contribution < -0.4 is 11.1 Å². The van der Waals surface area contributed by atoms with E-state index in [0.717, 1.165) is 25.9 Å². The Hall–Kier alpha value is -2.11. The minimum Gasteiger partial charge on any atom is -0.384 e. The van der Waals surface area contributed by atoms with E-state index in [0.29, 0.717) is 17.0 Å². The summed E-state index contributed by atoms with van der Waals surface area (Å²) in [7, 11) is 0. The van der Waals surface area contributed by atoms with Crippen LogP contribution in [0.5, 0.6) is 0 Å². The van der Waals surface area contributed by atoms with E-state index >= 15 is 0 Å². The lowest BCUT2D eigenvalue weighted by Gasteiger charge is -2.31. The van der Waals surface area contributed by atoms with Crippen molar-refractivity contribution in [3.8, 4) is 0 Å². The third-order valence-electron chi connectivity index (χ3n) is 3.74. The first-order valence-electron chi connectivity index (χ1n) is 7.13. The highest BCUT2D eigenvalue weighted by Crippen LogP contribution is 2.15. The van der Waals surface area contributed by atoms with E-state index in [9.17, 15) is 9.18 Å². The van der Waals surface area contributed by atoms with E-state index in [1.54, 1.807) is 17.0 Å². The Morgan fingerprint density at radius 3 is 2.95 bits per heavy atom. The van der Waals surface area contributed by atoms with E-state index < -0.39 is 5.82 Å². The third-order valence-corrected chi connectivity index (χ3v) is 3.74. The molecule has 1 atom stereocenters. The Kier molecular flexibility index (Phi) is 4.77. The number of amidine groups is 1. The zero-order chi connectivity index (χ0) is 15.4. The number of nitrogens with two attached hydrogens (primary N) is 1. The molecule has 1 aromatic carbocycles. The topological polar surface area (TPSA) is 82.2 Å². The average Bonchev–Trinajstić information content (AvgIpc) is 2.45. The van der Waals surface area contributed by atoms with Crippen molar-refractivity contribution in [3.63, 3.8) is 0 Å². The molecular weight excluding hydrogens is 271 g/mol. The van der Waals surface area contributed by atoms with E-state index in [1.165, 1.54) is 6.07 Å². The molecule has 0 spiro atoms. The zero-order valence-electron chi connectivity index (χ0n) is 12.2. The Morgan fingerprint density at radius 1 is 1.57 bits per heavy atom. The van der Waals surface area contributed by atoms with Gasteiger partial charge in [-0.3, -0.25) is 5.41 Å². The summed E-state index contributed by atoms with van der Waals surface area (Å²) >= 11 is 0. The number of carbonyl (C=O) groups excluding carboxylic acids is 1. The van der Waals surface area contributed by atoms with Crippen LogP contribution in [0.1, 0.15) is 30.9 Å². The molecule has 21 heavy (non-hydrogen) atoms. The van der Waals surface area contributed by atoms with Crippen LogP contribution in [0.3, 0.4) is 0 Å². The number of carbonyl (C=O) groups is 1. The van der Waals surface area contributed by atoms with E-state index in [4.69, 9.17) is 11.1 Å². The monoisotopic (exact) mass is 292 g/mol. The van der Waals surface area contributed by atoms with Gasteiger partial charge < -0.3 is 16.0 Å². The maximum Gasteiger partial charge on any atom is 0.317 e. The molecule has 1 aromatic rings. The van der Waals surface area contributed by atoms with Gasteiger partial charge in [-0.1, -0.05) is 19.1 Å². The van der Waals surface area contributed by atoms with Gasteiger partial charge in [0.2, 0.25) is 0 Å². The fraction of sp³-hybridized carbons (Fsp3) is 0.467. The second-order valence-electron chi connectivity index (χ2n) is 5.57. The van der Waals surface area contributed by atoms with Gasteiger partial charge in [0.1, 0.15) is 11.7 Å². The molecule has 1 saturated heterocycles. The fourth-order valence-electron chi connectivity index (χ4n) is 2.51. The molecule has 0 aliphatic carbocycles. The van der Waals surface area contributed by atoms with Crippen molar-refractivity contribution in [3.05, 3.63) is 35.1 Å². The first-order chi connectivity index (χ1) is 9.97. The highest BCUT2D eigenvalue weighted by Gasteiger charge is 2.20. The van der Waals surface area contributed by atoms with Gasteiger partial charge in [0.15, 0.2) is 0 Å². The summed E-state index contributed by atoms with van der Waals surface area (Å²) in [6, 6.07) is 4.19. The Morgan fingerprint density at radius 2 is 2.33 bits per heavy atom. The largest absolute Gasteiger partial charge is 0.384 e. The molecule has 0 saturated carbocycles. The van der Waals surface area contributed by atoms with Crippen molar-refractivity contribution in [2.24, 2.45) is 11.7 Å². The van der Waals surface area contributed by atoms with Gasteiger partial charge in [0, 0.05) is 30.8 Å². The molecule has 0 bridgehead atoms. The standard InChI is InChI=1S/C15H21FN4O/c1-10-3-2-6-20(9-10)15(21)19-8-12-5-4-11(14(17)18)7-13(12)16/h4-5,7,10H,2-3,6,8-9H2,1H3,(H3,17,18)(H,19,21). The first kappa shape index (κ1) is 15.3. The van der Waals surface area contributed by atoms with Gasteiger partial charge in [-0.15, -0.1) is 0 Å². The number of nitrogen functional groups attached to an aromatic ring is 1. The second-order valence-corrected chi connectivity index (χ2v) is 5.57. The molecule has 0 aromatic heterocycles. The molecule has 114 valence electrons. The summed E-state index contributed by atoms with van der Waals surface area (Å²) in [6.07, 6.45) is 2.15. The van der Waals surface area contributed by atoms with Crippen LogP contribution >= 0.6 is 0 Å². The minimum atomic E-state index is -0.463. The quantitative estimate of drug-likeness (QED) is 0.588. The number of urea groups is 1. The van der Waals surface area contributed by atoms with Crippen LogP contribution in [-0.2, 0) is 6.54 Å². The van der Waals surface area contributed by atoms with Crippen molar-refractivity contribution in [1.82, 2.24) is 10.2 Å². The van der Waals surface area contributed by atoms with E-state index in [-0.39, 0.29) is 18.4 Å². The fourth-order valence-corrected chi connectivity index (χ4v) is 2.51. The summed E-state index contributed by atoms with van der Waals surface area (Å²) < 4.78 is 13.8. The summed E-state index contributed by atoms with van der Waals surface area (Å²) in [4.78, 5) is 13.8. The summed E-state index contributed by atoms with van der Waals surface area (Å²) in [6.45, 7) is 3.76. The lowest BCUT2D eigenvalue weighted by molar-refractivity contribution is 0.169. The smallest absolute Gasteiger partial charge is 0.317 e. The van der Waals surface area contributed by atoms with Gasteiger partial charge in [-0.25, -0.2) is 9.18 Å². The molecule has 1 fully saturated rings. The lowest BCUT2D eigenvalue weighted by atomic mass is 10.0. The van der Waals surface area contributed by atoms with Crippen LogP contribution in [0, 0.1) is 17.1 Å². The molecular formula is C15H21FN4O. The average molecular weight is 292 g/mol. The van der Waals surface area contributed by atoms with Crippen LogP contribution in [-0.4, -0.2) is 29.9 Å². The number of hydrogen-bond donors (Lipinski definition) is 3. The number of benzene rings is 1. The van der Waals surface area contributed by atoms with Crippen LogP contribution in [0.2, 0.25) is 0 Å². The van der Waals surface area contributed by atoms with Crippen molar-refractivity contribution in [2.75, 3.05) is 13.1 Å². The van der Waals surface area contributed by atoms with Crippen molar-refractivity contribution >= 4 is 11.9 Å². The normalized spacial score (nSPS) is 18.4. The molecule has 1 heterocycles. The molecule has 2 amide bonds. The van der Waals surface area contributed by atoms with Gasteiger partial charge in [-0.2, -0.15) is 0 Å². The Bertz CT molecular complexity index is 546. The van der Waals surface area contributed by atoms with Gasteiger partial charge in [-0.05, 0) is 24.8 Å². The number of rotatable bonds is 3. The second kappa shape index (κ2) is 6.56. The highest BCUT2D eigenvalue weighted by atomic mass is 19.1. The Balaban J connectivity index is 1.93. The summed E-state index contributed by atoms with van der Waals surface area (Å²) in [5.74, 6) is -0.127. The minimum absolute atomic E-state index is 0.133. The van der Waals surface area contributed by atoms with Gasteiger partial charge >= 0.3 is 6.03 Å². The lowest BCUT2D eigenvalue weighted by Crippen LogP contribution is -2.44. The number of amides is 2. The molecule has 6 heteroatoms.